The van der Waals surface area contributed by atoms with Crippen LogP contribution in [0.1, 0.15) is 35.2 Å². The van der Waals surface area contributed by atoms with E-state index in [1.165, 1.54) is 0 Å². The minimum absolute atomic E-state index is 0.169. The molecule has 0 aliphatic carbocycles. The molecule has 1 saturated heterocycles. The third kappa shape index (κ3) is 5.07. The summed E-state index contributed by atoms with van der Waals surface area (Å²) in [5, 5.41) is 29.0. The van der Waals surface area contributed by atoms with Crippen LogP contribution in [0.3, 0.4) is 0 Å². The number of primary amides is 1. The maximum absolute atomic E-state index is 12.8. The van der Waals surface area contributed by atoms with Gasteiger partial charge in [0.05, 0.1) is 29.7 Å². The number of hydrogen-bond acceptors (Lipinski definition) is 6. The summed E-state index contributed by atoms with van der Waals surface area (Å²) in [6.07, 6.45) is 2.71. The van der Waals surface area contributed by atoms with E-state index in [0.29, 0.717) is 43.0 Å². The Morgan fingerprint density at radius 3 is 2.31 bits per heavy atom. The van der Waals surface area contributed by atoms with Crippen LogP contribution in [0.2, 0.25) is 0 Å². The summed E-state index contributed by atoms with van der Waals surface area (Å²) in [6.45, 7) is 0.800. The Morgan fingerprint density at radius 2 is 1.71 bits per heavy atom. The van der Waals surface area contributed by atoms with Gasteiger partial charge in [0.2, 0.25) is 0 Å². The Balaban J connectivity index is 1.51. The highest BCUT2D eigenvalue weighted by atomic mass is 16.2. The molecule has 0 atom stereocenters. The first-order valence-corrected chi connectivity index (χ1v) is 11.1. The predicted molar refractivity (Wildman–Crippen MR) is 130 cm³/mol. The number of nitrogens with two attached hydrogens (primary N) is 1. The second kappa shape index (κ2) is 9.98. The number of piperidine rings is 1. The number of anilines is 3. The quantitative estimate of drug-likeness (QED) is 0.503. The predicted octanol–water partition coefficient (Wildman–Crippen LogP) is 3.53. The largest absolute Gasteiger partial charge is 0.365 e. The number of hydrogen-bond donors (Lipinski definition) is 3. The minimum atomic E-state index is -0.680. The zero-order valence-electron chi connectivity index (χ0n) is 18.9. The average molecular weight is 469 g/mol. The summed E-state index contributed by atoms with van der Waals surface area (Å²) in [4.78, 5) is 26.6. The lowest BCUT2D eigenvalue weighted by Crippen LogP contribution is -2.49. The number of likely N-dealkylation sites (tertiary alicyclic amines) is 1. The van der Waals surface area contributed by atoms with Crippen LogP contribution in [-0.4, -0.2) is 39.7 Å². The van der Waals surface area contributed by atoms with Crippen molar-refractivity contribution in [1.82, 2.24) is 14.7 Å². The summed E-state index contributed by atoms with van der Waals surface area (Å²) < 4.78 is 1.65. The Kier molecular flexibility index (Phi) is 6.65. The van der Waals surface area contributed by atoms with Gasteiger partial charge in [-0.3, -0.25) is 9.48 Å². The van der Waals surface area contributed by atoms with Crippen LogP contribution in [0.4, 0.5) is 22.0 Å². The van der Waals surface area contributed by atoms with Crippen molar-refractivity contribution in [3.05, 3.63) is 71.9 Å². The molecule has 35 heavy (non-hydrogen) atoms. The summed E-state index contributed by atoms with van der Waals surface area (Å²) in [5.41, 5.74) is 7.01. The monoisotopic (exact) mass is 468 g/mol. The molecule has 3 amide bonds. The van der Waals surface area contributed by atoms with Crippen molar-refractivity contribution in [2.24, 2.45) is 5.73 Å². The van der Waals surface area contributed by atoms with Gasteiger partial charge in [0, 0.05) is 30.7 Å². The maximum atomic E-state index is 12.8. The molecule has 1 aromatic heterocycles. The number of carbonyl (C=O) groups excluding carboxylic acids is 2. The molecule has 0 unspecified atom stereocenters. The van der Waals surface area contributed by atoms with Gasteiger partial charge in [0.25, 0.3) is 5.91 Å². The number of urea groups is 1. The lowest BCUT2D eigenvalue weighted by atomic mass is 9.85. The van der Waals surface area contributed by atoms with Crippen LogP contribution >= 0.6 is 0 Å². The fourth-order valence-corrected chi connectivity index (χ4v) is 4.14. The molecule has 0 bridgehead atoms. The summed E-state index contributed by atoms with van der Waals surface area (Å²) >= 11 is 0. The standard InChI is InChI=1S/C25H24N8O2/c26-13-10-25(33-17-21(22(28)34)23(31-33)29-19-4-2-1-3-5-19)11-14-32(15-12-25)24(35)30-20-8-6-18(16-27)7-9-20/h1-9,17H,10-12,14-15H2,(H2,28,34)(H,29,31)(H,30,35). The third-order valence-corrected chi connectivity index (χ3v) is 6.16. The van der Waals surface area contributed by atoms with E-state index in [0.717, 1.165) is 5.69 Å². The van der Waals surface area contributed by atoms with Crippen molar-refractivity contribution in [3.63, 3.8) is 0 Å². The average Bonchev–Trinajstić information content (AvgIpc) is 3.30. The second-order valence-corrected chi connectivity index (χ2v) is 8.36. The van der Waals surface area contributed by atoms with E-state index in [1.54, 1.807) is 40.0 Å². The molecular weight excluding hydrogens is 444 g/mol. The summed E-state index contributed by atoms with van der Waals surface area (Å²) in [6, 6.07) is 19.9. The Hall–Kier alpha value is -4.83. The molecule has 0 spiro atoms. The van der Waals surface area contributed by atoms with E-state index >= 15 is 0 Å². The Labute approximate surface area is 202 Å². The van der Waals surface area contributed by atoms with Gasteiger partial charge in [0.15, 0.2) is 5.82 Å². The van der Waals surface area contributed by atoms with Gasteiger partial charge in [-0.05, 0) is 49.2 Å². The van der Waals surface area contributed by atoms with E-state index in [-0.39, 0.29) is 18.0 Å². The van der Waals surface area contributed by atoms with Gasteiger partial charge in [-0.2, -0.15) is 15.6 Å². The lowest BCUT2D eigenvalue weighted by molar-refractivity contribution is 0.0999. The van der Waals surface area contributed by atoms with Crippen LogP contribution in [0.5, 0.6) is 0 Å². The molecule has 10 nitrogen and oxygen atoms in total. The van der Waals surface area contributed by atoms with E-state index in [4.69, 9.17) is 11.0 Å². The molecular formula is C25H24N8O2. The van der Waals surface area contributed by atoms with Gasteiger partial charge >= 0.3 is 6.03 Å². The topological polar surface area (TPSA) is 153 Å². The normalized spacial score (nSPS) is 14.4. The molecule has 1 aliphatic rings. The maximum Gasteiger partial charge on any atom is 0.321 e. The Morgan fingerprint density at radius 1 is 1.03 bits per heavy atom. The molecule has 176 valence electrons. The van der Waals surface area contributed by atoms with E-state index in [9.17, 15) is 14.9 Å². The number of benzene rings is 2. The molecule has 3 aromatic rings. The molecule has 4 rings (SSSR count). The molecule has 10 heteroatoms. The highest BCUT2D eigenvalue weighted by Crippen LogP contribution is 2.35. The number of rotatable bonds is 6. The van der Waals surface area contributed by atoms with E-state index in [2.05, 4.69) is 21.8 Å². The fraction of sp³-hybridized carbons (Fsp3) is 0.240. The van der Waals surface area contributed by atoms with Gasteiger partial charge in [-0.25, -0.2) is 4.79 Å². The first kappa shape index (κ1) is 23.3. The van der Waals surface area contributed by atoms with E-state index < -0.39 is 11.4 Å². The van der Waals surface area contributed by atoms with E-state index in [1.807, 2.05) is 36.4 Å². The number of nitrogens with one attached hydrogen (secondary N) is 2. The summed E-state index contributed by atoms with van der Waals surface area (Å²) in [7, 11) is 0. The summed E-state index contributed by atoms with van der Waals surface area (Å²) in [5.74, 6) is -0.303. The van der Waals surface area contributed by atoms with Crippen molar-refractivity contribution in [3.8, 4) is 12.1 Å². The first-order chi connectivity index (χ1) is 16.9. The van der Waals surface area contributed by atoms with Crippen molar-refractivity contribution >= 4 is 29.1 Å². The lowest BCUT2D eigenvalue weighted by Gasteiger charge is -2.40. The molecule has 1 aliphatic heterocycles. The van der Waals surface area contributed by atoms with Crippen LogP contribution < -0.4 is 16.4 Å². The van der Waals surface area contributed by atoms with Crippen LogP contribution in [0, 0.1) is 22.7 Å². The number of nitriles is 2. The van der Waals surface area contributed by atoms with Gasteiger partial charge in [-0.1, -0.05) is 18.2 Å². The number of aromatic nitrogens is 2. The van der Waals surface area contributed by atoms with Gasteiger partial charge < -0.3 is 21.3 Å². The molecule has 4 N–H and O–H groups in total. The highest BCUT2D eigenvalue weighted by Gasteiger charge is 2.39. The fourth-order valence-electron chi connectivity index (χ4n) is 4.14. The van der Waals surface area contributed by atoms with Crippen molar-refractivity contribution in [2.75, 3.05) is 23.7 Å². The van der Waals surface area contributed by atoms with Gasteiger partial charge in [-0.15, -0.1) is 0 Å². The highest BCUT2D eigenvalue weighted by molar-refractivity contribution is 5.98. The number of carbonyl (C=O) groups is 2. The number of nitrogens with zero attached hydrogens (tertiary/aromatic N) is 5. The zero-order valence-corrected chi connectivity index (χ0v) is 18.9. The van der Waals surface area contributed by atoms with Crippen molar-refractivity contribution in [1.29, 1.82) is 10.5 Å². The second-order valence-electron chi connectivity index (χ2n) is 8.36. The molecule has 2 heterocycles. The molecule has 0 saturated carbocycles. The van der Waals surface area contributed by atoms with Crippen molar-refractivity contribution in [2.45, 2.75) is 24.8 Å². The van der Waals surface area contributed by atoms with Crippen LogP contribution in [-0.2, 0) is 5.54 Å². The number of amides is 3. The Bertz CT molecular complexity index is 1290. The van der Waals surface area contributed by atoms with Crippen molar-refractivity contribution < 1.29 is 9.59 Å². The molecule has 0 radical (unpaired) electrons. The minimum Gasteiger partial charge on any atom is -0.365 e. The SMILES string of the molecule is N#CCC1(n2cc(C(N)=O)c(Nc3ccccc3)n2)CCN(C(=O)Nc2ccc(C#N)cc2)CC1. The van der Waals surface area contributed by atoms with Crippen LogP contribution in [0.25, 0.3) is 0 Å². The zero-order chi connectivity index (χ0) is 24.8. The smallest absolute Gasteiger partial charge is 0.321 e. The molecule has 1 fully saturated rings. The third-order valence-electron chi connectivity index (χ3n) is 6.16. The van der Waals surface area contributed by atoms with Crippen LogP contribution in [0.15, 0.2) is 60.8 Å². The first-order valence-electron chi connectivity index (χ1n) is 11.1. The van der Waals surface area contributed by atoms with Gasteiger partial charge in [0.1, 0.15) is 5.56 Å². The number of para-hydroxylation sites is 1. The molecule has 2 aromatic carbocycles.